The number of fused-ring (bicyclic) bond motifs is 1. The first-order valence-corrected chi connectivity index (χ1v) is 15.6. The van der Waals surface area contributed by atoms with Crippen molar-refractivity contribution in [1.82, 2.24) is 0 Å². The van der Waals surface area contributed by atoms with E-state index in [4.69, 9.17) is 4.74 Å². The van der Waals surface area contributed by atoms with Crippen molar-refractivity contribution in [1.29, 1.82) is 0 Å². The van der Waals surface area contributed by atoms with E-state index in [0.717, 1.165) is 22.3 Å². The van der Waals surface area contributed by atoms with Crippen LogP contribution in [0.1, 0.15) is 30.4 Å². The number of hydrogen-bond donors (Lipinski definition) is 3. The number of hydrogen-bond acceptors (Lipinski definition) is 6. The zero-order valence-electron chi connectivity index (χ0n) is 25.4. The number of amides is 2. The molecule has 3 N–H and O–H groups in total. The van der Waals surface area contributed by atoms with Crippen LogP contribution >= 0.6 is 0 Å². The number of allylic oxidation sites excluding steroid dienone is 1. The summed E-state index contributed by atoms with van der Waals surface area (Å²) in [6, 6.07) is 35.0. The number of aromatic hydroxyl groups is 1. The van der Waals surface area contributed by atoms with Crippen LogP contribution in [-0.2, 0) is 9.59 Å². The number of phenols is 1. The summed E-state index contributed by atoms with van der Waals surface area (Å²) in [4.78, 5) is 28.9. The molecular formula is C39H37NO6. The van der Waals surface area contributed by atoms with Crippen LogP contribution in [0.5, 0.6) is 11.5 Å². The van der Waals surface area contributed by atoms with Crippen LogP contribution in [0.2, 0.25) is 0 Å². The number of aliphatic hydroxyl groups excluding tert-OH is 2. The fraction of sp³-hybridized carbons (Fsp3) is 0.231. The molecule has 0 saturated carbocycles. The van der Waals surface area contributed by atoms with Gasteiger partial charge in [0.15, 0.2) is 0 Å². The summed E-state index contributed by atoms with van der Waals surface area (Å²) in [6.45, 7) is -0.275. The van der Waals surface area contributed by atoms with E-state index in [0.29, 0.717) is 29.9 Å². The molecule has 1 fully saturated rings. The van der Waals surface area contributed by atoms with Gasteiger partial charge in [-0.15, -0.1) is 0 Å². The highest BCUT2D eigenvalue weighted by Crippen LogP contribution is 2.47. The summed E-state index contributed by atoms with van der Waals surface area (Å²) in [5, 5.41) is 32.7. The number of phenolic OH excluding ortho intramolecular Hbond substituents is 1. The SMILES string of the molecule is O=C1[C@@H]2[C@@H](CC(COc3ccccc3)=C([C@H](O)CC/C(=C/c3cccc(O)c3)c3ccccc3)[C@@H]2CO)C(=O)N1c1ccccc1. The highest BCUT2D eigenvalue weighted by molar-refractivity contribution is 6.22. The number of nitrogens with zero attached hydrogens (tertiary/aromatic N) is 1. The maximum atomic E-state index is 13.9. The van der Waals surface area contributed by atoms with E-state index in [1.807, 2.05) is 78.9 Å². The minimum absolute atomic E-state index is 0.119. The molecule has 4 atom stereocenters. The number of anilines is 1. The van der Waals surface area contributed by atoms with Crippen molar-refractivity contribution < 1.29 is 29.6 Å². The van der Waals surface area contributed by atoms with Crippen molar-refractivity contribution in [3.8, 4) is 11.5 Å². The Morgan fingerprint density at radius 2 is 1.54 bits per heavy atom. The van der Waals surface area contributed by atoms with E-state index in [1.165, 1.54) is 4.90 Å². The predicted molar refractivity (Wildman–Crippen MR) is 178 cm³/mol. The zero-order chi connectivity index (χ0) is 32.0. The van der Waals surface area contributed by atoms with Crippen molar-refractivity contribution >= 4 is 29.2 Å². The summed E-state index contributed by atoms with van der Waals surface area (Å²) in [5.41, 5.74) is 4.57. The molecule has 1 aliphatic carbocycles. The Kier molecular flexibility index (Phi) is 9.43. The van der Waals surface area contributed by atoms with Gasteiger partial charge < -0.3 is 20.1 Å². The predicted octanol–water partition coefficient (Wildman–Crippen LogP) is 6.27. The van der Waals surface area contributed by atoms with Gasteiger partial charge in [-0.25, -0.2) is 0 Å². The molecule has 4 aromatic rings. The summed E-state index contributed by atoms with van der Waals surface area (Å²) in [5.74, 6) is -2.06. The molecule has 234 valence electrons. The molecule has 1 saturated heterocycles. The topological polar surface area (TPSA) is 107 Å². The molecule has 7 heteroatoms. The van der Waals surface area contributed by atoms with Gasteiger partial charge in [0, 0.05) is 5.92 Å². The monoisotopic (exact) mass is 615 g/mol. The fourth-order valence-corrected chi connectivity index (χ4v) is 6.83. The number of benzene rings is 4. The number of rotatable bonds is 11. The number of carbonyl (C=O) groups excluding carboxylic acids is 2. The molecule has 7 nitrogen and oxygen atoms in total. The van der Waals surface area contributed by atoms with E-state index >= 15 is 0 Å². The van der Waals surface area contributed by atoms with Gasteiger partial charge in [-0.05, 0) is 83.5 Å². The summed E-state index contributed by atoms with van der Waals surface area (Å²) in [6.07, 6.45) is 2.03. The van der Waals surface area contributed by atoms with Gasteiger partial charge in [-0.2, -0.15) is 0 Å². The quantitative estimate of drug-likeness (QED) is 0.104. The lowest BCUT2D eigenvalue weighted by Crippen LogP contribution is -2.40. The van der Waals surface area contributed by atoms with Gasteiger partial charge in [0.05, 0.1) is 30.2 Å². The molecule has 2 aliphatic rings. The molecule has 1 aliphatic heterocycles. The van der Waals surface area contributed by atoms with Crippen molar-refractivity contribution in [2.45, 2.75) is 25.4 Å². The Bertz CT molecular complexity index is 1730. The number of para-hydroxylation sites is 2. The van der Waals surface area contributed by atoms with E-state index in [1.54, 1.807) is 42.5 Å². The molecule has 4 aromatic carbocycles. The molecule has 0 radical (unpaired) electrons. The maximum absolute atomic E-state index is 13.9. The van der Waals surface area contributed by atoms with Gasteiger partial charge in [0.25, 0.3) is 0 Å². The highest BCUT2D eigenvalue weighted by atomic mass is 16.5. The number of aliphatic hydroxyl groups is 2. The Hall–Kier alpha value is -4.98. The second-order valence-corrected chi connectivity index (χ2v) is 11.8. The van der Waals surface area contributed by atoms with Gasteiger partial charge in [0.1, 0.15) is 18.1 Å². The molecular weight excluding hydrogens is 578 g/mol. The lowest BCUT2D eigenvalue weighted by Gasteiger charge is -2.36. The Morgan fingerprint density at radius 1 is 0.870 bits per heavy atom. The van der Waals surface area contributed by atoms with E-state index in [9.17, 15) is 24.9 Å². The molecule has 46 heavy (non-hydrogen) atoms. The third-order valence-electron chi connectivity index (χ3n) is 8.95. The van der Waals surface area contributed by atoms with Crippen LogP contribution in [0, 0.1) is 17.8 Å². The van der Waals surface area contributed by atoms with Crippen LogP contribution in [-0.4, -0.2) is 46.5 Å². The summed E-state index contributed by atoms with van der Waals surface area (Å²) in [7, 11) is 0. The van der Waals surface area contributed by atoms with Crippen molar-refractivity contribution in [3.05, 3.63) is 138 Å². The number of carbonyl (C=O) groups is 2. The molecule has 0 spiro atoms. The minimum Gasteiger partial charge on any atom is -0.508 e. The van der Waals surface area contributed by atoms with E-state index in [2.05, 4.69) is 0 Å². The highest BCUT2D eigenvalue weighted by Gasteiger charge is 2.55. The average molecular weight is 616 g/mol. The summed E-state index contributed by atoms with van der Waals surface area (Å²) >= 11 is 0. The van der Waals surface area contributed by atoms with Gasteiger partial charge in [-0.3, -0.25) is 14.5 Å². The zero-order valence-corrected chi connectivity index (χ0v) is 25.4. The molecule has 6 rings (SSSR count). The van der Waals surface area contributed by atoms with Crippen molar-refractivity contribution in [2.75, 3.05) is 18.1 Å². The second-order valence-electron chi connectivity index (χ2n) is 11.8. The number of imide groups is 1. The van der Waals surface area contributed by atoms with Gasteiger partial charge in [0.2, 0.25) is 11.8 Å². The molecule has 1 heterocycles. The smallest absolute Gasteiger partial charge is 0.238 e. The second kappa shape index (κ2) is 14.0. The third-order valence-corrected chi connectivity index (χ3v) is 8.95. The first kappa shape index (κ1) is 31.0. The first-order chi connectivity index (χ1) is 22.4. The van der Waals surface area contributed by atoms with Crippen LogP contribution in [0.4, 0.5) is 5.69 Å². The maximum Gasteiger partial charge on any atom is 0.238 e. The molecule has 2 amide bonds. The van der Waals surface area contributed by atoms with Crippen molar-refractivity contribution in [3.63, 3.8) is 0 Å². The molecule has 0 unspecified atom stereocenters. The van der Waals surface area contributed by atoms with Crippen LogP contribution in [0.15, 0.2) is 126 Å². The van der Waals surface area contributed by atoms with E-state index in [-0.39, 0.29) is 30.6 Å². The molecule has 0 aromatic heterocycles. The number of ether oxygens (including phenoxy) is 1. The average Bonchev–Trinajstić information content (AvgIpc) is 3.34. The van der Waals surface area contributed by atoms with E-state index < -0.39 is 30.5 Å². The third kappa shape index (κ3) is 6.52. The van der Waals surface area contributed by atoms with Crippen LogP contribution in [0.25, 0.3) is 11.6 Å². The van der Waals surface area contributed by atoms with Gasteiger partial charge in [-0.1, -0.05) is 84.9 Å². The largest absolute Gasteiger partial charge is 0.508 e. The Morgan fingerprint density at radius 3 is 2.22 bits per heavy atom. The standard InChI is InChI=1S/C39H37NO6/c41-24-34-36(35(43)20-19-28(27-12-4-1-5-13-27)21-26-11-10-16-31(42)22-26)29(25-46-32-17-8-3-9-18-32)23-33-37(34)39(45)40(38(33)44)30-14-6-2-7-15-30/h1-18,21-22,33-35,37,41-43H,19-20,23-25H2/b28-21-/t33-,34+,35-,37-/m1/s1. The fourth-order valence-electron chi connectivity index (χ4n) is 6.83. The van der Waals surface area contributed by atoms with Crippen LogP contribution in [0.3, 0.4) is 0 Å². The minimum atomic E-state index is -1.00. The lowest BCUT2D eigenvalue weighted by atomic mass is 9.68. The summed E-state index contributed by atoms with van der Waals surface area (Å²) < 4.78 is 6.13. The Balaban J connectivity index is 1.33. The first-order valence-electron chi connectivity index (χ1n) is 15.6. The van der Waals surface area contributed by atoms with Gasteiger partial charge >= 0.3 is 0 Å². The van der Waals surface area contributed by atoms with Crippen LogP contribution < -0.4 is 9.64 Å². The van der Waals surface area contributed by atoms with Crippen molar-refractivity contribution in [2.24, 2.45) is 17.8 Å². The normalized spacial score (nSPS) is 20.5. The molecule has 0 bridgehead atoms. The Labute approximate surface area is 268 Å². The lowest BCUT2D eigenvalue weighted by molar-refractivity contribution is -0.123.